The van der Waals surface area contributed by atoms with E-state index in [1.54, 1.807) is 0 Å². The van der Waals surface area contributed by atoms with Crippen molar-refractivity contribution in [1.29, 1.82) is 0 Å². The number of nitro groups is 1. The Morgan fingerprint density at radius 3 is 2.80 bits per heavy atom. The SMILES string of the molecule is Nc1ccc([N+](=O)[O-])cc1S(=O)(=O)NCc1ncn[nH]1. The molecule has 0 saturated carbocycles. The first-order chi connectivity index (χ1) is 9.40. The summed E-state index contributed by atoms with van der Waals surface area (Å²) in [5.41, 5.74) is 5.10. The second-order valence-electron chi connectivity index (χ2n) is 3.74. The zero-order valence-electron chi connectivity index (χ0n) is 9.98. The largest absolute Gasteiger partial charge is 0.398 e. The smallest absolute Gasteiger partial charge is 0.270 e. The van der Waals surface area contributed by atoms with E-state index in [2.05, 4.69) is 19.9 Å². The summed E-state index contributed by atoms with van der Waals surface area (Å²) in [6.07, 6.45) is 1.23. The van der Waals surface area contributed by atoms with Crippen LogP contribution in [0.25, 0.3) is 0 Å². The average molecular weight is 298 g/mol. The minimum Gasteiger partial charge on any atom is -0.398 e. The molecule has 1 heterocycles. The van der Waals surface area contributed by atoms with Crippen LogP contribution in [0.15, 0.2) is 29.4 Å². The highest BCUT2D eigenvalue weighted by Crippen LogP contribution is 2.23. The van der Waals surface area contributed by atoms with Gasteiger partial charge in [-0.05, 0) is 6.07 Å². The summed E-state index contributed by atoms with van der Waals surface area (Å²) < 4.78 is 26.3. The minimum absolute atomic E-state index is 0.0827. The summed E-state index contributed by atoms with van der Waals surface area (Å²) in [6.45, 7) is -0.134. The Balaban J connectivity index is 2.28. The molecule has 10 nitrogen and oxygen atoms in total. The number of anilines is 1. The lowest BCUT2D eigenvalue weighted by atomic mass is 10.3. The number of nitro benzene ring substituents is 1. The van der Waals surface area contributed by atoms with E-state index in [1.807, 2.05) is 0 Å². The van der Waals surface area contributed by atoms with Crippen LogP contribution in [0, 0.1) is 10.1 Å². The van der Waals surface area contributed by atoms with Crippen LogP contribution in [0.2, 0.25) is 0 Å². The van der Waals surface area contributed by atoms with Crippen molar-refractivity contribution < 1.29 is 13.3 Å². The van der Waals surface area contributed by atoms with Crippen molar-refractivity contribution in [2.24, 2.45) is 0 Å². The Morgan fingerprint density at radius 1 is 1.45 bits per heavy atom. The molecular weight excluding hydrogens is 288 g/mol. The van der Waals surface area contributed by atoms with Gasteiger partial charge in [0.2, 0.25) is 10.0 Å². The number of hydrogen-bond donors (Lipinski definition) is 3. The molecule has 2 rings (SSSR count). The molecule has 0 aliphatic rings. The number of nitrogens with two attached hydrogens (primary N) is 1. The Labute approximate surface area is 113 Å². The summed E-state index contributed by atoms with van der Waals surface area (Å²) in [6, 6.07) is 3.20. The number of benzene rings is 1. The lowest BCUT2D eigenvalue weighted by molar-refractivity contribution is -0.385. The summed E-state index contributed by atoms with van der Waals surface area (Å²) >= 11 is 0. The van der Waals surface area contributed by atoms with Gasteiger partial charge in [-0.2, -0.15) is 5.10 Å². The number of nitrogens with one attached hydrogen (secondary N) is 2. The van der Waals surface area contributed by atoms with E-state index in [4.69, 9.17) is 5.73 Å². The van der Waals surface area contributed by atoms with Crippen LogP contribution in [0.5, 0.6) is 0 Å². The highest BCUT2D eigenvalue weighted by molar-refractivity contribution is 7.89. The molecule has 0 radical (unpaired) electrons. The molecule has 1 aromatic heterocycles. The van der Waals surface area contributed by atoms with Gasteiger partial charge >= 0.3 is 0 Å². The van der Waals surface area contributed by atoms with E-state index in [0.29, 0.717) is 5.82 Å². The van der Waals surface area contributed by atoms with E-state index in [0.717, 1.165) is 12.1 Å². The predicted molar refractivity (Wildman–Crippen MR) is 67.9 cm³/mol. The van der Waals surface area contributed by atoms with Gasteiger partial charge in [0.25, 0.3) is 5.69 Å². The number of H-pyrrole nitrogens is 1. The second kappa shape index (κ2) is 5.22. The van der Waals surface area contributed by atoms with Gasteiger partial charge in [-0.3, -0.25) is 15.2 Å². The fourth-order valence-corrected chi connectivity index (χ4v) is 2.56. The molecule has 0 unspecified atom stereocenters. The molecule has 4 N–H and O–H groups in total. The Bertz CT molecular complexity index is 727. The number of nitrogens with zero attached hydrogens (tertiary/aromatic N) is 3. The molecule has 20 heavy (non-hydrogen) atoms. The van der Waals surface area contributed by atoms with Crippen LogP contribution in [-0.2, 0) is 16.6 Å². The number of aromatic nitrogens is 3. The maximum Gasteiger partial charge on any atom is 0.270 e. The highest BCUT2D eigenvalue weighted by Gasteiger charge is 2.21. The average Bonchev–Trinajstić information content (AvgIpc) is 2.89. The van der Waals surface area contributed by atoms with Gasteiger partial charge in [0, 0.05) is 12.1 Å². The molecular formula is C9H10N6O4S. The molecule has 0 aliphatic heterocycles. The monoisotopic (exact) mass is 298 g/mol. The first-order valence-corrected chi connectivity index (χ1v) is 6.76. The van der Waals surface area contributed by atoms with E-state index in [-0.39, 0.29) is 22.8 Å². The van der Waals surface area contributed by atoms with Crippen LogP contribution in [-0.4, -0.2) is 28.5 Å². The van der Waals surface area contributed by atoms with Gasteiger partial charge in [-0.15, -0.1) is 0 Å². The van der Waals surface area contributed by atoms with E-state index < -0.39 is 14.9 Å². The third-order valence-electron chi connectivity index (χ3n) is 2.39. The molecule has 106 valence electrons. The summed E-state index contributed by atoms with van der Waals surface area (Å²) in [4.78, 5) is 13.4. The van der Waals surface area contributed by atoms with E-state index >= 15 is 0 Å². The highest BCUT2D eigenvalue weighted by atomic mass is 32.2. The van der Waals surface area contributed by atoms with Gasteiger partial charge in [0.05, 0.1) is 17.2 Å². The minimum atomic E-state index is -3.99. The lowest BCUT2D eigenvalue weighted by Crippen LogP contribution is -2.24. The number of hydrogen-bond acceptors (Lipinski definition) is 7. The molecule has 0 fully saturated rings. The van der Waals surface area contributed by atoms with E-state index in [9.17, 15) is 18.5 Å². The van der Waals surface area contributed by atoms with E-state index in [1.165, 1.54) is 12.4 Å². The quantitative estimate of drug-likeness (QED) is 0.391. The van der Waals surface area contributed by atoms with Crippen molar-refractivity contribution >= 4 is 21.4 Å². The fraction of sp³-hybridized carbons (Fsp3) is 0.111. The van der Waals surface area contributed by atoms with Crippen molar-refractivity contribution in [3.8, 4) is 0 Å². The fourth-order valence-electron chi connectivity index (χ4n) is 1.43. The van der Waals surface area contributed by atoms with Gasteiger partial charge in [0.15, 0.2) is 0 Å². The molecule has 0 amide bonds. The molecule has 0 saturated heterocycles. The summed E-state index contributed by atoms with van der Waals surface area (Å²) in [7, 11) is -3.99. The van der Waals surface area contributed by atoms with Crippen LogP contribution >= 0.6 is 0 Å². The van der Waals surface area contributed by atoms with Crippen molar-refractivity contribution in [1.82, 2.24) is 19.9 Å². The maximum atomic E-state index is 12.0. The number of aromatic amines is 1. The maximum absolute atomic E-state index is 12.0. The van der Waals surface area contributed by atoms with Crippen molar-refractivity contribution in [2.75, 3.05) is 5.73 Å². The number of non-ortho nitro benzene ring substituents is 1. The number of nitrogen functional groups attached to an aromatic ring is 1. The predicted octanol–water partition coefficient (Wildman–Crippen LogP) is -0.226. The summed E-state index contributed by atoms with van der Waals surface area (Å²) in [5.74, 6) is 0.303. The first-order valence-electron chi connectivity index (χ1n) is 5.28. The van der Waals surface area contributed by atoms with Crippen molar-refractivity contribution in [3.05, 3.63) is 40.5 Å². The molecule has 1 aromatic carbocycles. The standard InChI is InChI=1S/C9H10N6O4S/c10-7-2-1-6(15(16)17)3-8(7)20(18,19)13-4-9-11-5-12-14-9/h1-3,5,13H,4,10H2,(H,11,12,14). The van der Waals surface area contributed by atoms with Gasteiger partial charge in [-0.1, -0.05) is 0 Å². The first kappa shape index (κ1) is 13.9. The number of rotatable bonds is 5. The lowest BCUT2D eigenvalue weighted by Gasteiger charge is -2.07. The van der Waals surface area contributed by atoms with Crippen LogP contribution in [0.1, 0.15) is 5.82 Å². The topological polar surface area (TPSA) is 157 Å². The van der Waals surface area contributed by atoms with Gasteiger partial charge in [-0.25, -0.2) is 18.1 Å². The van der Waals surface area contributed by atoms with Crippen LogP contribution < -0.4 is 10.5 Å². The normalized spacial score (nSPS) is 11.4. The van der Waals surface area contributed by atoms with Crippen LogP contribution in [0.3, 0.4) is 0 Å². The molecule has 0 bridgehead atoms. The second-order valence-corrected chi connectivity index (χ2v) is 5.47. The Hall–Kier alpha value is -2.53. The number of sulfonamides is 1. The Kier molecular flexibility index (Phi) is 3.63. The van der Waals surface area contributed by atoms with Gasteiger partial charge < -0.3 is 5.73 Å². The molecule has 0 aliphatic carbocycles. The zero-order valence-corrected chi connectivity index (χ0v) is 10.8. The molecule has 0 spiro atoms. The third kappa shape index (κ3) is 2.89. The van der Waals surface area contributed by atoms with Crippen molar-refractivity contribution in [2.45, 2.75) is 11.4 Å². The molecule has 0 atom stereocenters. The third-order valence-corrected chi connectivity index (χ3v) is 3.85. The molecule has 2 aromatic rings. The van der Waals surface area contributed by atoms with Gasteiger partial charge in [0.1, 0.15) is 17.0 Å². The van der Waals surface area contributed by atoms with Crippen LogP contribution in [0.4, 0.5) is 11.4 Å². The Morgan fingerprint density at radius 2 is 2.20 bits per heavy atom. The zero-order chi connectivity index (χ0) is 14.8. The molecule has 11 heteroatoms. The van der Waals surface area contributed by atoms with Crippen molar-refractivity contribution in [3.63, 3.8) is 0 Å². The summed E-state index contributed by atoms with van der Waals surface area (Å²) in [5, 5.41) is 16.7.